The van der Waals surface area contributed by atoms with Crippen LogP contribution in [0.3, 0.4) is 0 Å². The van der Waals surface area contributed by atoms with Crippen LogP contribution in [0.2, 0.25) is 0 Å². The summed E-state index contributed by atoms with van der Waals surface area (Å²) in [7, 11) is -3.12. The minimum absolute atomic E-state index is 0.0733. The fraction of sp³-hybridized carbons (Fsp3) is 0.320. The molecular formula is C25H24NO5P. The molecule has 5 rings (SSSR count). The molecule has 7 heteroatoms. The Bertz CT molecular complexity index is 1060. The van der Waals surface area contributed by atoms with Gasteiger partial charge in [-0.05, 0) is 6.42 Å². The van der Waals surface area contributed by atoms with Crippen LogP contribution in [0.15, 0.2) is 72.8 Å². The molecule has 2 unspecified atom stereocenters. The highest BCUT2D eigenvalue weighted by Gasteiger charge is 2.60. The number of nitrogens with zero attached hydrogens (tertiary/aromatic N) is 1. The van der Waals surface area contributed by atoms with Gasteiger partial charge in [0.1, 0.15) is 12.9 Å². The van der Waals surface area contributed by atoms with Crippen molar-refractivity contribution < 1.29 is 23.7 Å². The maximum absolute atomic E-state index is 14.0. The summed E-state index contributed by atoms with van der Waals surface area (Å²) < 4.78 is 19.6. The van der Waals surface area contributed by atoms with Gasteiger partial charge in [-0.15, -0.1) is 0 Å². The zero-order valence-electron chi connectivity index (χ0n) is 17.5. The highest BCUT2D eigenvalue weighted by atomic mass is 31.2. The molecular weight excluding hydrogens is 425 g/mol. The van der Waals surface area contributed by atoms with Crippen molar-refractivity contribution in [3.63, 3.8) is 0 Å². The van der Waals surface area contributed by atoms with E-state index >= 15 is 0 Å². The third-order valence-electron chi connectivity index (χ3n) is 6.58. The van der Waals surface area contributed by atoms with Crippen molar-refractivity contribution in [1.82, 2.24) is 4.90 Å². The van der Waals surface area contributed by atoms with E-state index in [0.717, 1.165) is 0 Å². The first-order chi connectivity index (χ1) is 15.5. The third-order valence-corrected chi connectivity index (χ3v) is 9.65. The Balaban J connectivity index is 1.24. The second-order valence-corrected chi connectivity index (χ2v) is 11.4. The predicted molar refractivity (Wildman–Crippen MR) is 120 cm³/mol. The highest BCUT2D eigenvalue weighted by molar-refractivity contribution is 7.79. The molecule has 2 saturated heterocycles. The molecule has 0 aromatic heterocycles. The largest absolute Gasteiger partial charge is 0.365 e. The van der Waals surface area contributed by atoms with Crippen LogP contribution in [0.25, 0.3) is 0 Å². The number of hydrogen-bond donors (Lipinski definition) is 0. The standard InChI is InChI=1S/C25H24NO5P/c27-17(16-32(30,18-9-3-1-4-10-18)19-11-5-2-6-12-19)8-7-15-26-24(28)22-20-13-14-21(31-20)23(22)25(26)29/h1-6,9-14,20-23H,7-8,15-16H2/t20-,21+,22?,23?. The van der Waals surface area contributed by atoms with E-state index in [9.17, 15) is 18.9 Å². The number of likely N-dealkylation sites (tertiary alicyclic amines) is 1. The van der Waals surface area contributed by atoms with Gasteiger partial charge in [0.15, 0.2) is 0 Å². The van der Waals surface area contributed by atoms with Crippen molar-refractivity contribution >= 4 is 35.3 Å². The van der Waals surface area contributed by atoms with E-state index in [1.165, 1.54) is 4.90 Å². The van der Waals surface area contributed by atoms with E-state index in [2.05, 4.69) is 0 Å². The molecule has 0 N–H and O–H groups in total. The van der Waals surface area contributed by atoms with Crippen molar-refractivity contribution in [2.24, 2.45) is 11.8 Å². The van der Waals surface area contributed by atoms with Gasteiger partial charge in [-0.25, -0.2) is 0 Å². The smallest absolute Gasteiger partial charge is 0.236 e. The monoisotopic (exact) mass is 449 g/mol. The van der Waals surface area contributed by atoms with Crippen LogP contribution in [-0.4, -0.2) is 47.4 Å². The van der Waals surface area contributed by atoms with E-state index in [1.54, 1.807) is 24.3 Å². The molecule has 3 aliphatic rings. The fourth-order valence-corrected chi connectivity index (χ4v) is 7.64. The molecule has 32 heavy (non-hydrogen) atoms. The predicted octanol–water partition coefficient (Wildman–Crippen LogP) is 2.29. The molecule has 4 atom stereocenters. The van der Waals surface area contributed by atoms with Gasteiger partial charge in [-0.2, -0.15) is 0 Å². The number of rotatable bonds is 8. The number of ketones is 1. The van der Waals surface area contributed by atoms with Crippen LogP contribution in [0.4, 0.5) is 0 Å². The van der Waals surface area contributed by atoms with Gasteiger partial charge < -0.3 is 9.30 Å². The lowest BCUT2D eigenvalue weighted by molar-refractivity contribution is -0.142. The van der Waals surface area contributed by atoms with E-state index < -0.39 is 19.0 Å². The first-order valence-electron chi connectivity index (χ1n) is 10.9. The third kappa shape index (κ3) is 3.48. The molecule has 0 saturated carbocycles. The Kier molecular flexibility index (Phi) is 5.44. The maximum atomic E-state index is 14.0. The summed E-state index contributed by atoms with van der Waals surface area (Å²) in [4.78, 5) is 39.6. The van der Waals surface area contributed by atoms with Gasteiger partial charge in [0, 0.05) is 23.6 Å². The van der Waals surface area contributed by atoms with Gasteiger partial charge >= 0.3 is 0 Å². The highest BCUT2D eigenvalue weighted by Crippen LogP contribution is 2.45. The van der Waals surface area contributed by atoms with Gasteiger partial charge in [0.05, 0.1) is 30.2 Å². The summed E-state index contributed by atoms with van der Waals surface area (Å²) in [5, 5.41) is 1.31. The molecule has 6 nitrogen and oxygen atoms in total. The second-order valence-electron chi connectivity index (χ2n) is 8.54. The Morgan fingerprint density at radius 2 is 1.34 bits per heavy atom. The van der Waals surface area contributed by atoms with Crippen LogP contribution < -0.4 is 10.6 Å². The van der Waals surface area contributed by atoms with Gasteiger partial charge in [-0.1, -0.05) is 72.8 Å². The van der Waals surface area contributed by atoms with Crippen molar-refractivity contribution in [2.45, 2.75) is 25.0 Å². The molecule has 0 spiro atoms. The van der Waals surface area contributed by atoms with E-state index in [0.29, 0.717) is 17.0 Å². The Hall–Kier alpha value is -2.82. The minimum atomic E-state index is -3.12. The molecule has 2 bridgehead atoms. The second kappa shape index (κ2) is 8.27. The quantitative estimate of drug-likeness (QED) is 0.351. The summed E-state index contributed by atoms with van der Waals surface area (Å²) in [6.07, 6.45) is 3.55. The summed E-state index contributed by atoms with van der Waals surface area (Å²) in [6, 6.07) is 18.2. The number of benzene rings is 2. The van der Waals surface area contributed by atoms with Gasteiger partial charge in [0.25, 0.3) is 0 Å². The van der Waals surface area contributed by atoms with E-state index in [4.69, 9.17) is 4.74 Å². The van der Waals surface area contributed by atoms with Crippen LogP contribution >= 0.6 is 7.14 Å². The van der Waals surface area contributed by atoms with Crippen LogP contribution in [0.1, 0.15) is 12.8 Å². The number of hydrogen-bond acceptors (Lipinski definition) is 5. The zero-order valence-corrected chi connectivity index (χ0v) is 18.4. The first kappa shape index (κ1) is 21.0. The lowest BCUT2D eigenvalue weighted by Gasteiger charge is -2.20. The van der Waals surface area contributed by atoms with Crippen LogP contribution in [0, 0.1) is 11.8 Å². The maximum Gasteiger partial charge on any atom is 0.236 e. The Morgan fingerprint density at radius 1 is 0.844 bits per heavy atom. The summed E-state index contributed by atoms with van der Waals surface area (Å²) in [5.41, 5.74) is 0. The summed E-state index contributed by atoms with van der Waals surface area (Å²) >= 11 is 0. The average molecular weight is 449 g/mol. The number of imide groups is 1. The van der Waals surface area contributed by atoms with Crippen molar-refractivity contribution in [3.05, 3.63) is 72.8 Å². The number of fused-ring (bicyclic) bond motifs is 5. The molecule has 2 aromatic carbocycles. The van der Waals surface area contributed by atoms with Crippen molar-refractivity contribution in [2.75, 3.05) is 12.7 Å². The summed E-state index contributed by atoms with van der Waals surface area (Å²) in [5.74, 6) is -1.40. The number of ether oxygens (including phenoxy) is 1. The van der Waals surface area contributed by atoms with Gasteiger partial charge in [-0.3, -0.25) is 19.3 Å². The number of amides is 2. The molecule has 0 aliphatic carbocycles. The van der Waals surface area contributed by atoms with Crippen molar-refractivity contribution in [1.29, 1.82) is 0 Å². The lowest BCUT2D eigenvalue weighted by atomic mass is 9.85. The number of carbonyl (C=O) groups is 3. The van der Waals surface area contributed by atoms with E-state index in [-0.39, 0.29) is 48.9 Å². The zero-order chi connectivity index (χ0) is 22.3. The van der Waals surface area contributed by atoms with Crippen LogP contribution in [0.5, 0.6) is 0 Å². The molecule has 2 aromatic rings. The van der Waals surface area contributed by atoms with Crippen molar-refractivity contribution in [3.8, 4) is 0 Å². The molecule has 3 aliphatic heterocycles. The molecule has 0 radical (unpaired) electrons. The molecule has 3 heterocycles. The summed E-state index contributed by atoms with van der Waals surface area (Å²) in [6.45, 7) is 0.205. The normalized spacial score (nSPS) is 26.1. The SMILES string of the molecule is O=C(CCCN1C(=O)C2C(C1=O)[C@H]1C=C[C@@H]2O1)CP(=O)(c1ccccc1)c1ccccc1. The molecule has 164 valence electrons. The Morgan fingerprint density at radius 3 is 1.84 bits per heavy atom. The first-order valence-corrected chi connectivity index (χ1v) is 12.8. The average Bonchev–Trinajstić information content (AvgIpc) is 3.50. The molecule has 2 fully saturated rings. The van der Waals surface area contributed by atoms with Crippen LogP contribution in [-0.2, 0) is 23.7 Å². The topological polar surface area (TPSA) is 80.8 Å². The number of carbonyl (C=O) groups excluding carboxylic acids is 3. The molecule has 2 amide bonds. The number of Topliss-reactive ketones (excluding diaryl/α,β-unsaturated/α-hetero) is 1. The van der Waals surface area contributed by atoms with E-state index in [1.807, 2.05) is 48.6 Å². The van der Waals surface area contributed by atoms with Gasteiger partial charge in [0.2, 0.25) is 11.8 Å². The Labute approximate surface area is 186 Å². The fourth-order valence-electron chi connectivity index (χ4n) is 5.02. The minimum Gasteiger partial charge on any atom is -0.365 e. The lowest BCUT2D eigenvalue weighted by Crippen LogP contribution is -2.35.